The fourth-order valence-electron chi connectivity index (χ4n) is 3.26. The van der Waals surface area contributed by atoms with Crippen molar-refractivity contribution in [1.29, 1.82) is 0 Å². The Balaban J connectivity index is 3.23. The number of carbonyl (C=O) groups is 2. The van der Waals surface area contributed by atoms with Gasteiger partial charge in [0.25, 0.3) is 0 Å². The molecule has 2 atom stereocenters. The average Bonchev–Trinajstić information content (AvgIpc) is 2.39. The number of benzene rings is 1. The van der Waals surface area contributed by atoms with Crippen molar-refractivity contribution >= 4 is 11.9 Å². The van der Waals surface area contributed by atoms with E-state index in [1.165, 1.54) is 16.7 Å². The summed E-state index contributed by atoms with van der Waals surface area (Å²) in [6.45, 7) is 12.5. The Labute approximate surface area is 151 Å². The standard InChI is InChI=1S/C21H32O4/c1-13(9-19(22)23)7-16-12-17(21(4,5)6)11-15(3)18(16)8-14(2)10-20(24)25/h11-14H,7-10H2,1-6H3,(H,22,23)(H,24,25). The second-order valence-corrected chi connectivity index (χ2v) is 8.50. The largest absolute Gasteiger partial charge is 0.481 e. The lowest BCUT2D eigenvalue weighted by atomic mass is 9.80. The number of aryl methyl sites for hydroxylation is 1. The third kappa shape index (κ3) is 6.89. The lowest BCUT2D eigenvalue weighted by Gasteiger charge is -2.25. The summed E-state index contributed by atoms with van der Waals surface area (Å²) in [5, 5.41) is 18.1. The summed E-state index contributed by atoms with van der Waals surface area (Å²) in [6, 6.07) is 4.38. The van der Waals surface area contributed by atoms with Crippen molar-refractivity contribution in [3.63, 3.8) is 0 Å². The van der Waals surface area contributed by atoms with E-state index in [9.17, 15) is 9.59 Å². The quantitative estimate of drug-likeness (QED) is 0.720. The molecule has 4 heteroatoms. The lowest BCUT2D eigenvalue weighted by Crippen LogP contribution is -2.16. The summed E-state index contributed by atoms with van der Waals surface area (Å²) in [5.74, 6) is -1.47. The molecule has 4 nitrogen and oxygen atoms in total. The Morgan fingerprint density at radius 1 is 0.960 bits per heavy atom. The molecule has 0 amide bonds. The number of carboxylic acids is 2. The summed E-state index contributed by atoms with van der Waals surface area (Å²) in [7, 11) is 0. The first-order valence-corrected chi connectivity index (χ1v) is 8.96. The molecule has 0 aromatic heterocycles. The Hall–Kier alpha value is -1.84. The van der Waals surface area contributed by atoms with E-state index < -0.39 is 11.9 Å². The zero-order chi connectivity index (χ0) is 19.4. The van der Waals surface area contributed by atoms with Gasteiger partial charge in [-0.25, -0.2) is 0 Å². The highest BCUT2D eigenvalue weighted by atomic mass is 16.4. The van der Waals surface area contributed by atoms with Crippen molar-refractivity contribution in [2.75, 3.05) is 0 Å². The fraction of sp³-hybridized carbons (Fsp3) is 0.619. The zero-order valence-electron chi connectivity index (χ0n) is 16.3. The van der Waals surface area contributed by atoms with Crippen molar-refractivity contribution in [2.45, 2.75) is 72.6 Å². The number of carboxylic acid groups (broad SMARTS) is 2. The molecule has 0 aliphatic carbocycles. The molecule has 2 unspecified atom stereocenters. The van der Waals surface area contributed by atoms with Gasteiger partial charge in [0.15, 0.2) is 0 Å². The summed E-state index contributed by atoms with van der Waals surface area (Å²) in [6.07, 6.45) is 1.69. The van der Waals surface area contributed by atoms with Gasteiger partial charge < -0.3 is 10.2 Å². The lowest BCUT2D eigenvalue weighted by molar-refractivity contribution is -0.139. The molecule has 0 bridgehead atoms. The van der Waals surface area contributed by atoms with E-state index in [0.717, 1.165) is 5.56 Å². The van der Waals surface area contributed by atoms with Crippen LogP contribution >= 0.6 is 0 Å². The van der Waals surface area contributed by atoms with Gasteiger partial charge in [-0.2, -0.15) is 0 Å². The van der Waals surface area contributed by atoms with Crippen LogP contribution in [-0.2, 0) is 27.8 Å². The smallest absolute Gasteiger partial charge is 0.303 e. The second-order valence-electron chi connectivity index (χ2n) is 8.50. The van der Waals surface area contributed by atoms with Gasteiger partial charge >= 0.3 is 11.9 Å². The van der Waals surface area contributed by atoms with Crippen LogP contribution in [0.1, 0.15) is 69.7 Å². The Bertz CT molecular complexity index is 626. The van der Waals surface area contributed by atoms with Crippen LogP contribution in [0.4, 0.5) is 0 Å². The second kappa shape index (κ2) is 8.50. The van der Waals surface area contributed by atoms with Crippen LogP contribution in [0.2, 0.25) is 0 Å². The highest BCUT2D eigenvalue weighted by Gasteiger charge is 2.21. The van der Waals surface area contributed by atoms with E-state index in [2.05, 4.69) is 39.8 Å². The van der Waals surface area contributed by atoms with E-state index in [-0.39, 0.29) is 30.1 Å². The topological polar surface area (TPSA) is 74.6 Å². The van der Waals surface area contributed by atoms with Gasteiger partial charge in [-0.1, -0.05) is 46.8 Å². The molecule has 1 aromatic rings. The fourth-order valence-corrected chi connectivity index (χ4v) is 3.26. The predicted octanol–water partition coefficient (Wildman–Crippen LogP) is 4.60. The summed E-state index contributed by atoms with van der Waals surface area (Å²) >= 11 is 0. The molecule has 0 saturated carbocycles. The van der Waals surface area contributed by atoms with Crippen molar-refractivity contribution in [2.24, 2.45) is 11.8 Å². The predicted molar refractivity (Wildman–Crippen MR) is 100 cm³/mol. The van der Waals surface area contributed by atoms with Gasteiger partial charge in [0.05, 0.1) is 0 Å². The van der Waals surface area contributed by atoms with Crippen LogP contribution in [0.3, 0.4) is 0 Å². The molecule has 2 N–H and O–H groups in total. The van der Waals surface area contributed by atoms with Crippen molar-refractivity contribution < 1.29 is 19.8 Å². The van der Waals surface area contributed by atoms with E-state index in [1.54, 1.807) is 0 Å². The molecule has 0 fully saturated rings. The molecule has 25 heavy (non-hydrogen) atoms. The molecule has 1 aromatic carbocycles. The van der Waals surface area contributed by atoms with Crippen molar-refractivity contribution in [3.05, 3.63) is 34.4 Å². The van der Waals surface area contributed by atoms with Gasteiger partial charge in [-0.05, 0) is 59.3 Å². The molecule has 140 valence electrons. The van der Waals surface area contributed by atoms with Gasteiger partial charge in [0.2, 0.25) is 0 Å². The minimum atomic E-state index is -0.781. The monoisotopic (exact) mass is 348 g/mol. The maximum absolute atomic E-state index is 11.0. The Morgan fingerprint density at radius 2 is 1.44 bits per heavy atom. The molecule has 1 rings (SSSR count). The Morgan fingerprint density at radius 3 is 1.88 bits per heavy atom. The minimum Gasteiger partial charge on any atom is -0.481 e. The average molecular weight is 348 g/mol. The first kappa shape index (κ1) is 21.2. The van der Waals surface area contributed by atoms with Crippen LogP contribution in [0.15, 0.2) is 12.1 Å². The van der Waals surface area contributed by atoms with Gasteiger partial charge in [0.1, 0.15) is 0 Å². The molecular formula is C21H32O4. The SMILES string of the molecule is Cc1cc(C(C)(C)C)cc(CC(C)CC(=O)O)c1CC(C)CC(=O)O. The number of hydrogen-bond acceptors (Lipinski definition) is 2. The van der Waals surface area contributed by atoms with Crippen LogP contribution in [0, 0.1) is 18.8 Å². The molecule has 0 saturated heterocycles. The van der Waals surface area contributed by atoms with E-state index >= 15 is 0 Å². The summed E-state index contributed by atoms with van der Waals surface area (Å²) in [5.41, 5.74) is 4.76. The molecular weight excluding hydrogens is 316 g/mol. The number of aliphatic carboxylic acids is 2. The van der Waals surface area contributed by atoms with E-state index in [1.807, 2.05) is 13.8 Å². The third-order valence-corrected chi connectivity index (χ3v) is 4.60. The number of rotatable bonds is 8. The summed E-state index contributed by atoms with van der Waals surface area (Å²) in [4.78, 5) is 22.0. The van der Waals surface area contributed by atoms with E-state index in [0.29, 0.717) is 12.8 Å². The van der Waals surface area contributed by atoms with Crippen molar-refractivity contribution in [3.8, 4) is 0 Å². The van der Waals surface area contributed by atoms with Gasteiger partial charge in [-0.15, -0.1) is 0 Å². The molecule has 0 heterocycles. The highest BCUT2D eigenvalue weighted by molar-refractivity contribution is 5.67. The van der Waals surface area contributed by atoms with Crippen LogP contribution in [-0.4, -0.2) is 22.2 Å². The minimum absolute atomic E-state index is 0.0146. The first-order chi connectivity index (χ1) is 11.4. The summed E-state index contributed by atoms with van der Waals surface area (Å²) < 4.78 is 0. The first-order valence-electron chi connectivity index (χ1n) is 8.96. The number of hydrogen-bond donors (Lipinski definition) is 2. The molecule has 0 aliphatic heterocycles. The zero-order valence-corrected chi connectivity index (χ0v) is 16.3. The highest BCUT2D eigenvalue weighted by Crippen LogP contribution is 2.30. The third-order valence-electron chi connectivity index (χ3n) is 4.60. The van der Waals surface area contributed by atoms with Crippen molar-refractivity contribution in [1.82, 2.24) is 0 Å². The van der Waals surface area contributed by atoms with Crippen LogP contribution in [0.5, 0.6) is 0 Å². The maximum atomic E-state index is 11.0. The van der Waals surface area contributed by atoms with E-state index in [4.69, 9.17) is 10.2 Å². The maximum Gasteiger partial charge on any atom is 0.303 e. The van der Waals surface area contributed by atoms with Gasteiger partial charge in [0, 0.05) is 12.8 Å². The van der Waals surface area contributed by atoms with Gasteiger partial charge in [-0.3, -0.25) is 9.59 Å². The normalized spacial score (nSPS) is 14.2. The molecule has 0 spiro atoms. The Kier molecular flexibility index (Phi) is 7.21. The molecule has 0 radical (unpaired) electrons. The van der Waals surface area contributed by atoms with Crippen LogP contribution < -0.4 is 0 Å². The van der Waals surface area contributed by atoms with Crippen LogP contribution in [0.25, 0.3) is 0 Å². The molecule has 0 aliphatic rings.